The topological polar surface area (TPSA) is 69.2 Å². The molecule has 1 amide bonds. The van der Waals surface area contributed by atoms with Crippen LogP contribution in [0.25, 0.3) is 0 Å². The monoisotopic (exact) mass is 578 g/mol. The van der Waals surface area contributed by atoms with Gasteiger partial charge in [-0.15, -0.1) is 0 Å². The van der Waals surface area contributed by atoms with Gasteiger partial charge in [0.25, 0.3) is 5.91 Å². The van der Waals surface area contributed by atoms with Gasteiger partial charge in [-0.1, -0.05) is 34.1 Å². The van der Waals surface area contributed by atoms with Crippen LogP contribution in [0.1, 0.15) is 28.4 Å². The van der Waals surface area contributed by atoms with Crippen LogP contribution in [-0.4, -0.2) is 25.8 Å². The lowest BCUT2D eigenvalue weighted by atomic mass is 10.2. The summed E-state index contributed by atoms with van der Waals surface area (Å²) in [5.41, 5.74) is 3.92. The summed E-state index contributed by atoms with van der Waals surface area (Å²) < 4.78 is 32.0. The lowest BCUT2D eigenvalue weighted by Crippen LogP contribution is -2.18. The maximum atomic E-state index is 13.9. The third-order valence-corrected chi connectivity index (χ3v) is 5.53. The lowest BCUT2D eigenvalue weighted by molar-refractivity contribution is 0.0952. The van der Waals surface area contributed by atoms with Crippen molar-refractivity contribution in [2.24, 2.45) is 5.10 Å². The Balaban J connectivity index is 1.76. The SMILES string of the molecule is CCOc1cc(/C=N\NC(=O)c2cc(Br)ccc2OC)cc(Br)c1OCc1ccccc1F. The second kappa shape index (κ2) is 11.8. The largest absolute Gasteiger partial charge is 0.496 e. The fraction of sp³-hybridized carbons (Fsp3) is 0.167. The molecule has 0 saturated carbocycles. The molecular formula is C24H21Br2FN2O4. The fourth-order valence-electron chi connectivity index (χ4n) is 2.91. The van der Waals surface area contributed by atoms with Crippen molar-refractivity contribution in [1.82, 2.24) is 5.43 Å². The summed E-state index contributed by atoms with van der Waals surface area (Å²) in [6.07, 6.45) is 1.48. The highest BCUT2D eigenvalue weighted by atomic mass is 79.9. The summed E-state index contributed by atoms with van der Waals surface area (Å²) in [5.74, 6) is 0.583. The van der Waals surface area contributed by atoms with Gasteiger partial charge in [0.05, 0.1) is 30.0 Å². The lowest BCUT2D eigenvalue weighted by Gasteiger charge is -2.15. The molecule has 0 heterocycles. The second-order valence-corrected chi connectivity index (χ2v) is 8.46. The Morgan fingerprint density at radius 1 is 1.09 bits per heavy atom. The number of halogens is 3. The molecule has 3 rings (SSSR count). The molecule has 3 aromatic rings. The highest BCUT2D eigenvalue weighted by Gasteiger charge is 2.14. The molecule has 0 aromatic heterocycles. The predicted molar refractivity (Wildman–Crippen MR) is 132 cm³/mol. The van der Waals surface area contributed by atoms with E-state index in [9.17, 15) is 9.18 Å². The summed E-state index contributed by atoms with van der Waals surface area (Å²) in [4.78, 5) is 12.5. The summed E-state index contributed by atoms with van der Waals surface area (Å²) in [6, 6.07) is 15.0. The third-order valence-electron chi connectivity index (χ3n) is 4.45. The van der Waals surface area contributed by atoms with Crippen molar-refractivity contribution in [2.45, 2.75) is 13.5 Å². The van der Waals surface area contributed by atoms with Gasteiger partial charge in [-0.3, -0.25) is 4.79 Å². The van der Waals surface area contributed by atoms with Crippen molar-refractivity contribution < 1.29 is 23.4 Å². The molecule has 9 heteroatoms. The van der Waals surface area contributed by atoms with E-state index in [1.807, 2.05) is 6.92 Å². The Labute approximate surface area is 208 Å². The maximum absolute atomic E-state index is 13.9. The number of ether oxygens (including phenoxy) is 3. The third kappa shape index (κ3) is 6.55. The summed E-state index contributed by atoms with van der Waals surface area (Å²) >= 11 is 6.82. The molecule has 0 atom stereocenters. The number of nitrogens with one attached hydrogen (secondary N) is 1. The van der Waals surface area contributed by atoms with Crippen LogP contribution in [0.3, 0.4) is 0 Å². The van der Waals surface area contributed by atoms with E-state index in [4.69, 9.17) is 14.2 Å². The molecule has 172 valence electrons. The Kier molecular flexibility index (Phi) is 8.85. The number of methoxy groups -OCH3 is 1. The molecule has 0 aliphatic carbocycles. The van der Waals surface area contributed by atoms with Crippen LogP contribution < -0.4 is 19.6 Å². The van der Waals surface area contributed by atoms with Gasteiger partial charge in [0, 0.05) is 10.0 Å². The average Bonchev–Trinajstić information content (AvgIpc) is 2.79. The number of hydrogen-bond donors (Lipinski definition) is 1. The normalized spacial score (nSPS) is 10.8. The first-order chi connectivity index (χ1) is 15.9. The zero-order valence-electron chi connectivity index (χ0n) is 17.9. The Morgan fingerprint density at radius 2 is 1.88 bits per heavy atom. The maximum Gasteiger partial charge on any atom is 0.275 e. The van der Waals surface area contributed by atoms with Crippen LogP contribution in [0.2, 0.25) is 0 Å². The Morgan fingerprint density at radius 3 is 2.61 bits per heavy atom. The van der Waals surface area contributed by atoms with Crippen molar-refractivity contribution in [3.63, 3.8) is 0 Å². The first kappa shape index (κ1) is 24.7. The van der Waals surface area contributed by atoms with E-state index in [2.05, 4.69) is 42.4 Å². The fourth-order valence-corrected chi connectivity index (χ4v) is 3.85. The molecule has 0 spiro atoms. The molecule has 3 aromatic carbocycles. The number of hydrogen-bond acceptors (Lipinski definition) is 5. The van der Waals surface area contributed by atoms with Gasteiger partial charge in [-0.2, -0.15) is 5.10 Å². The molecule has 0 bridgehead atoms. The van der Waals surface area contributed by atoms with Crippen LogP contribution in [-0.2, 0) is 6.61 Å². The smallest absolute Gasteiger partial charge is 0.275 e. The quantitative estimate of drug-likeness (QED) is 0.246. The van der Waals surface area contributed by atoms with Crippen molar-refractivity contribution in [3.8, 4) is 17.2 Å². The number of benzene rings is 3. The van der Waals surface area contributed by atoms with Crippen LogP contribution in [0.15, 0.2) is 68.6 Å². The van der Waals surface area contributed by atoms with Crippen molar-refractivity contribution in [2.75, 3.05) is 13.7 Å². The molecular weight excluding hydrogens is 559 g/mol. The van der Waals surface area contributed by atoms with Gasteiger partial charge in [0.2, 0.25) is 0 Å². The molecule has 6 nitrogen and oxygen atoms in total. The zero-order valence-corrected chi connectivity index (χ0v) is 21.1. The van der Waals surface area contributed by atoms with Crippen molar-refractivity contribution >= 4 is 44.0 Å². The molecule has 0 saturated heterocycles. The van der Waals surface area contributed by atoms with E-state index in [0.29, 0.717) is 45.0 Å². The average molecular weight is 580 g/mol. The number of carbonyl (C=O) groups is 1. The number of nitrogens with zero attached hydrogens (tertiary/aromatic N) is 1. The second-order valence-electron chi connectivity index (χ2n) is 6.69. The molecule has 33 heavy (non-hydrogen) atoms. The van der Waals surface area contributed by atoms with Gasteiger partial charge in [0.15, 0.2) is 11.5 Å². The zero-order chi connectivity index (χ0) is 23.8. The van der Waals surface area contributed by atoms with E-state index >= 15 is 0 Å². The highest BCUT2D eigenvalue weighted by molar-refractivity contribution is 9.10. The highest BCUT2D eigenvalue weighted by Crippen LogP contribution is 2.37. The van der Waals surface area contributed by atoms with E-state index in [1.165, 1.54) is 19.4 Å². The first-order valence-corrected chi connectivity index (χ1v) is 11.5. The molecule has 0 aliphatic rings. The molecule has 0 fully saturated rings. The number of rotatable bonds is 9. The van der Waals surface area contributed by atoms with Gasteiger partial charge in [-0.05, 0) is 64.8 Å². The van der Waals surface area contributed by atoms with E-state index in [1.54, 1.807) is 48.5 Å². The summed E-state index contributed by atoms with van der Waals surface area (Å²) in [7, 11) is 1.49. The van der Waals surface area contributed by atoms with Gasteiger partial charge in [-0.25, -0.2) is 9.82 Å². The Hall–Kier alpha value is -2.91. The predicted octanol–water partition coefficient (Wildman–Crippen LogP) is 6.10. The van der Waals surface area contributed by atoms with Crippen LogP contribution in [0.5, 0.6) is 17.2 Å². The molecule has 1 N–H and O–H groups in total. The first-order valence-electron chi connectivity index (χ1n) is 9.92. The molecule has 0 radical (unpaired) electrons. The van der Waals surface area contributed by atoms with E-state index in [0.717, 1.165) is 4.47 Å². The summed E-state index contributed by atoms with van der Waals surface area (Å²) in [6.45, 7) is 2.30. The standard InChI is InChI=1S/C24H21Br2FN2O4/c1-3-32-22-11-15(10-19(26)23(22)33-14-16-6-4-5-7-20(16)27)13-28-29-24(30)18-12-17(25)8-9-21(18)31-2/h4-13H,3,14H2,1-2H3,(H,29,30)/b28-13-. The number of hydrazone groups is 1. The Bertz CT molecular complexity index is 1170. The van der Waals surface area contributed by atoms with Gasteiger partial charge >= 0.3 is 0 Å². The van der Waals surface area contributed by atoms with Crippen molar-refractivity contribution in [1.29, 1.82) is 0 Å². The summed E-state index contributed by atoms with van der Waals surface area (Å²) in [5, 5.41) is 4.04. The van der Waals surface area contributed by atoms with Gasteiger partial charge < -0.3 is 14.2 Å². The van der Waals surface area contributed by atoms with Crippen LogP contribution in [0.4, 0.5) is 4.39 Å². The molecule has 0 aliphatic heterocycles. The minimum atomic E-state index is -0.418. The number of amides is 1. The van der Waals surface area contributed by atoms with E-state index < -0.39 is 5.91 Å². The van der Waals surface area contributed by atoms with Gasteiger partial charge in [0.1, 0.15) is 18.2 Å². The minimum Gasteiger partial charge on any atom is -0.496 e. The molecule has 0 unspecified atom stereocenters. The van der Waals surface area contributed by atoms with Crippen LogP contribution >= 0.6 is 31.9 Å². The van der Waals surface area contributed by atoms with E-state index in [-0.39, 0.29) is 12.4 Å². The minimum absolute atomic E-state index is 0.0449. The van der Waals surface area contributed by atoms with Crippen LogP contribution in [0, 0.1) is 5.82 Å². The van der Waals surface area contributed by atoms with Crippen molar-refractivity contribution in [3.05, 3.63) is 86.1 Å². The number of carbonyl (C=O) groups excluding carboxylic acids is 1.